The minimum atomic E-state index is -0.103. The maximum Gasteiger partial charge on any atom is 0.127 e. The van der Waals surface area contributed by atoms with Crippen molar-refractivity contribution >= 4 is 12.6 Å². The summed E-state index contributed by atoms with van der Waals surface area (Å²) >= 11 is 0. The van der Waals surface area contributed by atoms with Crippen molar-refractivity contribution in [3.8, 4) is 0 Å². The molecule has 1 rings (SSSR count). The second kappa shape index (κ2) is 3.65. The fraction of sp³-hybridized carbons (Fsp3) is 0.600. The Morgan fingerprint density at radius 2 is 2.08 bits per heavy atom. The summed E-state index contributed by atoms with van der Waals surface area (Å²) in [6.07, 6.45) is 3.56. The van der Waals surface area contributed by atoms with Crippen molar-refractivity contribution in [2.75, 3.05) is 0 Å². The second-order valence-electron chi connectivity index (χ2n) is 3.52. The first-order valence-corrected chi connectivity index (χ1v) is 4.29. The molecule has 3 atom stereocenters. The van der Waals surface area contributed by atoms with Crippen molar-refractivity contribution in [2.24, 2.45) is 17.8 Å². The quantitative estimate of drug-likeness (QED) is 0.461. The van der Waals surface area contributed by atoms with Crippen molar-refractivity contribution in [3.63, 3.8) is 0 Å². The lowest BCUT2D eigenvalue weighted by Crippen LogP contribution is -2.29. The number of rotatable bonds is 2. The zero-order valence-electron chi connectivity index (χ0n) is 7.32. The fourth-order valence-electron chi connectivity index (χ4n) is 1.83. The largest absolute Gasteiger partial charge is 0.303 e. The highest BCUT2D eigenvalue weighted by molar-refractivity contribution is 5.63. The summed E-state index contributed by atoms with van der Waals surface area (Å²) in [6.45, 7) is 5.79. The molecule has 0 heterocycles. The SMILES string of the molecule is C=C1CCC(C=O)C(C)C1C=O. The van der Waals surface area contributed by atoms with Crippen molar-refractivity contribution < 1.29 is 9.59 Å². The van der Waals surface area contributed by atoms with Crippen molar-refractivity contribution in [3.05, 3.63) is 12.2 Å². The lowest BCUT2D eigenvalue weighted by molar-refractivity contribution is -0.116. The molecule has 66 valence electrons. The summed E-state index contributed by atoms with van der Waals surface area (Å²) < 4.78 is 0. The molecule has 1 fully saturated rings. The molecule has 0 N–H and O–H groups in total. The van der Waals surface area contributed by atoms with Crippen LogP contribution in [0, 0.1) is 17.8 Å². The van der Waals surface area contributed by atoms with Crippen LogP contribution in [0.25, 0.3) is 0 Å². The Balaban J connectivity index is 2.75. The predicted molar refractivity (Wildman–Crippen MR) is 46.6 cm³/mol. The first kappa shape index (κ1) is 9.17. The van der Waals surface area contributed by atoms with Gasteiger partial charge < -0.3 is 9.59 Å². The van der Waals surface area contributed by atoms with Crippen LogP contribution in [0.5, 0.6) is 0 Å². The molecule has 0 aromatic heterocycles. The van der Waals surface area contributed by atoms with Gasteiger partial charge in [-0.25, -0.2) is 0 Å². The third kappa shape index (κ3) is 1.47. The Hall–Kier alpha value is -0.920. The van der Waals surface area contributed by atoms with Gasteiger partial charge in [-0.1, -0.05) is 19.1 Å². The zero-order chi connectivity index (χ0) is 9.14. The molecule has 0 aliphatic heterocycles. The highest BCUT2D eigenvalue weighted by Crippen LogP contribution is 2.35. The summed E-state index contributed by atoms with van der Waals surface area (Å²) in [7, 11) is 0. The van der Waals surface area contributed by atoms with Crippen LogP contribution in [0.15, 0.2) is 12.2 Å². The minimum absolute atomic E-state index is 0.0469. The second-order valence-corrected chi connectivity index (χ2v) is 3.52. The Labute approximate surface area is 72.7 Å². The molecule has 0 bridgehead atoms. The van der Waals surface area contributed by atoms with E-state index in [9.17, 15) is 9.59 Å². The van der Waals surface area contributed by atoms with Gasteiger partial charge in [-0.3, -0.25) is 0 Å². The lowest BCUT2D eigenvalue weighted by atomic mass is 9.72. The molecule has 0 amide bonds. The number of carbonyl (C=O) groups excluding carboxylic acids is 2. The molecule has 12 heavy (non-hydrogen) atoms. The van der Waals surface area contributed by atoms with Gasteiger partial charge in [-0.15, -0.1) is 0 Å². The van der Waals surface area contributed by atoms with Crippen molar-refractivity contribution in [2.45, 2.75) is 19.8 Å². The number of allylic oxidation sites excluding steroid dienone is 1. The van der Waals surface area contributed by atoms with E-state index < -0.39 is 0 Å². The molecule has 0 spiro atoms. The standard InChI is InChI=1S/C10H14O2/c1-7-3-4-9(5-11)8(2)10(7)6-12/h5-6,8-10H,1,3-4H2,2H3. The smallest absolute Gasteiger partial charge is 0.127 e. The minimum Gasteiger partial charge on any atom is -0.303 e. The Bertz CT molecular complexity index is 208. The highest BCUT2D eigenvalue weighted by atomic mass is 16.1. The molecular formula is C10H14O2. The van der Waals surface area contributed by atoms with Gasteiger partial charge in [0.15, 0.2) is 0 Å². The van der Waals surface area contributed by atoms with Crippen LogP contribution in [0.2, 0.25) is 0 Å². The van der Waals surface area contributed by atoms with E-state index in [-0.39, 0.29) is 17.8 Å². The van der Waals surface area contributed by atoms with E-state index in [2.05, 4.69) is 6.58 Å². The zero-order valence-corrected chi connectivity index (χ0v) is 7.32. The van der Waals surface area contributed by atoms with E-state index in [1.165, 1.54) is 0 Å². The van der Waals surface area contributed by atoms with E-state index in [0.29, 0.717) is 0 Å². The summed E-state index contributed by atoms with van der Waals surface area (Å²) in [4.78, 5) is 21.3. The molecule has 0 radical (unpaired) electrons. The van der Waals surface area contributed by atoms with Gasteiger partial charge in [0.2, 0.25) is 0 Å². The van der Waals surface area contributed by atoms with Crippen LogP contribution in [-0.2, 0) is 9.59 Å². The maximum absolute atomic E-state index is 10.7. The number of carbonyl (C=O) groups is 2. The third-order valence-electron chi connectivity index (χ3n) is 2.83. The first-order valence-electron chi connectivity index (χ1n) is 4.29. The van der Waals surface area contributed by atoms with Crippen LogP contribution in [-0.4, -0.2) is 12.6 Å². The normalized spacial score (nSPS) is 36.1. The van der Waals surface area contributed by atoms with Gasteiger partial charge in [0, 0.05) is 11.8 Å². The van der Waals surface area contributed by atoms with E-state index in [4.69, 9.17) is 0 Å². The summed E-state index contributed by atoms with van der Waals surface area (Å²) in [6, 6.07) is 0. The molecule has 0 saturated heterocycles. The lowest BCUT2D eigenvalue weighted by Gasteiger charge is -2.31. The average molecular weight is 166 g/mol. The van der Waals surface area contributed by atoms with Crippen molar-refractivity contribution in [1.82, 2.24) is 0 Å². The maximum atomic E-state index is 10.7. The van der Waals surface area contributed by atoms with Crippen LogP contribution >= 0.6 is 0 Å². The van der Waals surface area contributed by atoms with Gasteiger partial charge in [-0.2, -0.15) is 0 Å². The molecule has 0 aromatic rings. The van der Waals surface area contributed by atoms with E-state index in [1.807, 2.05) is 6.92 Å². The van der Waals surface area contributed by atoms with Gasteiger partial charge in [0.25, 0.3) is 0 Å². The summed E-state index contributed by atoms with van der Waals surface area (Å²) in [5, 5.41) is 0. The summed E-state index contributed by atoms with van der Waals surface area (Å²) in [5.74, 6) is 0.0842. The third-order valence-corrected chi connectivity index (χ3v) is 2.83. The molecule has 1 aliphatic carbocycles. The van der Waals surface area contributed by atoms with Crippen LogP contribution in [0.4, 0.5) is 0 Å². The molecule has 1 aliphatic rings. The van der Waals surface area contributed by atoms with E-state index in [1.54, 1.807) is 0 Å². The van der Waals surface area contributed by atoms with Crippen LogP contribution < -0.4 is 0 Å². The number of aldehydes is 2. The monoisotopic (exact) mass is 166 g/mol. The Kier molecular flexibility index (Phi) is 2.79. The molecular weight excluding hydrogens is 152 g/mol. The Morgan fingerprint density at radius 1 is 1.42 bits per heavy atom. The fourth-order valence-corrected chi connectivity index (χ4v) is 1.83. The van der Waals surface area contributed by atoms with Gasteiger partial charge in [0.1, 0.15) is 12.6 Å². The molecule has 2 nitrogen and oxygen atoms in total. The van der Waals surface area contributed by atoms with E-state index >= 15 is 0 Å². The molecule has 3 unspecified atom stereocenters. The highest BCUT2D eigenvalue weighted by Gasteiger charge is 2.31. The van der Waals surface area contributed by atoms with Gasteiger partial charge in [-0.05, 0) is 18.8 Å². The number of hydrogen-bond donors (Lipinski definition) is 0. The van der Waals surface area contributed by atoms with Crippen LogP contribution in [0.1, 0.15) is 19.8 Å². The van der Waals surface area contributed by atoms with Gasteiger partial charge in [0.05, 0.1) is 0 Å². The molecule has 1 saturated carbocycles. The molecule has 2 heteroatoms. The average Bonchev–Trinajstić information content (AvgIpc) is 2.06. The topological polar surface area (TPSA) is 34.1 Å². The van der Waals surface area contributed by atoms with Crippen molar-refractivity contribution in [1.29, 1.82) is 0 Å². The number of hydrogen-bond acceptors (Lipinski definition) is 2. The Morgan fingerprint density at radius 3 is 2.58 bits per heavy atom. The van der Waals surface area contributed by atoms with Gasteiger partial charge >= 0.3 is 0 Å². The summed E-state index contributed by atoms with van der Waals surface area (Å²) in [5.41, 5.74) is 0.982. The van der Waals surface area contributed by atoms with Crippen LogP contribution in [0.3, 0.4) is 0 Å². The molecule has 0 aromatic carbocycles. The first-order chi connectivity index (χ1) is 5.70. The predicted octanol–water partition coefficient (Wildman–Crippen LogP) is 1.60. The van der Waals surface area contributed by atoms with E-state index in [0.717, 1.165) is 31.0 Å².